The van der Waals surface area contributed by atoms with E-state index in [1.165, 1.54) is 0 Å². The maximum absolute atomic E-state index is 12.3. The molecule has 0 saturated carbocycles. The minimum Gasteiger partial charge on any atom is -0.409 e. The van der Waals surface area contributed by atoms with Gasteiger partial charge in [0.2, 0.25) is 5.91 Å². The lowest BCUT2D eigenvalue weighted by molar-refractivity contribution is -0.139. The van der Waals surface area contributed by atoms with Gasteiger partial charge in [0.15, 0.2) is 5.84 Å². The highest BCUT2D eigenvalue weighted by molar-refractivity contribution is 6.05. The molecule has 1 aliphatic heterocycles. The van der Waals surface area contributed by atoms with Crippen LogP contribution in [0.2, 0.25) is 0 Å². The van der Waals surface area contributed by atoms with Crippen LogP contribution in [0.5, 0.6) is 0 Å². The highest BCUT2D eigenvalue weighted by atomic mass is 16.4. The number of amides is 1. The highest BCUT2D eigenvalue weighted by Crippen LogP contribution is 2.20. The van der Waals surface area contributed by atoms with Crippen LogP contribution in [0.15, 0.2) is 5.16 Å². The Kier molecular flexibility index (Phi) is 4.56. The van der Waals surface area contributed by atoms with Gasteiger partial charge in [-0.15, -0.1) is 0 Å². The third-order valence-corrected chi connectivity index (χ3v) is 3.61. The van der Waals surface area contributed by atoms with Gasteiger partial charge in [0.25, 0.3) is 0 Å². The molecule has 0 bridgehead atoms. The third kappa shape index (κ3) is 2.93. The third-order valence-electron chi connectivity index (χ3n) is 3.61. The Morgan fingerprint density at radius 2 is 1.78 bits per heavy atom. The van der Waals surface area contributed by atoms with Crippen molar-refractivity contribution in [3.05, 3.63) is 0 Å². The molecule has 18 heavy (non-hydrogen) atoms. The zero-order valence-electron chi connectivity index (χ0n) is 11.7. The second kappa shape index (κ2) is 5.56. The fraction of sp³-hybridized carbons (Fsp3) is 0.833. The van der Waals surface area contributed by atoms with Crippen LogP contribution in [0.4, 0.5) is 0 Å². The Hall–Kier alpha value is -1.30. The monoisotopic (exact) mass is 256 g/mol. The molecule has 0 aromatic heterocycles. The maximum atomic E-state index is 12.3. The molecular formula is C12H24N4O2. The topological polar surface area (TPSA) is 82.2 Å². The molecule has 6 heteroatoms. The Labute approximate surface area is 108 Å². The van der Waals surface area contributed by atoms with Crippen LogP contribution in [0.3, 0.4) is 0 Å². The summed E-state index contributed by atoms with van der Waals surface area (Å²) in [5, 5.41) is 11.7. The van der Waals surface area contributed by atoms with Crippen molar-refractivity contribution in [1.29, 1.82) is 0 Å². The van der Waals surface area contributed by atoms with Gasteiger partial charge >= 0.3 is 0 Å². The van der Waals surface area contributed by atoms with Crippen molar-refractivity contribution >= 4 is 11.7 Å². The first-order valence-corrected chi connectivity index (χ1v) is 6.32. The molecule has 1 amide bonds. The molecule has 0 aliphatic carbocycles. The van der Waals surface area contributed by atoms with Crippen molar-refractivity contribution in [2.75, 3.05) is 26.2 Å². The fourth-order valence-corrected chi connectivity index (χ4v) is 2.07. The number of carbonyl (C=O) groups excluding carboxylic acids is 1. The molecule has 0 aromatic rings. The summed E-state index contributed by atoms with van der Waals surface area (Å²) in [5.74, 6) is -0.125. The lowest BCUT2D eigenvalue weighted by Gasteiger charge is -2.39. The van der Waals surface area contributed by atoms with E-state index in [1.54, 1.807) is 18.7 Å². The average molecular weight is 256 g/mol. The minimum absolute atomic E-state index is 0.0428. The first-order valence-electron chi connectivity index (χ1n) is 6.32. The Bertz CT molecular complexity index is 331. The normalized spacial score (nSPS) is 19.4. The second-order valence-corrected chi connectivity index (χ2v) is 5.53. The van der Waals surface area contributed by atoms with Crippen molar-refractivity contribution in [3.63, 3.8) is 0 Å². The highest BCUT2D eigenvalue weighted by Gasteiger charge is 2.37. The number of rotatable bonds is 3. The number of oxime groups is 1. The maximum Gasteiger partial charge on any atom is 0.236 e. The molecule has 1 fully saturated rings. The van der Waals surface area contributed by atoms with Crippen LogP contribution in [0.1, 0.15) is 27.7 Å². The van der Waals surface area contributed by atoms with E-state index < -0.39 is 5.41 Å². The number of hydrogen-bond donors (Lipinski definition) is 2. The van der Waals surface area contributed by atoms with E-state index in [0.717, 1.165) is 13.1 Å². The quantitative estimate of drug-likeness (QED) is 0.329. The molecule has 0 aromatic carbocycles. The molecule has 0 radical (unpaired) electrons. The predicted molar refractivity (Wildman–Crippen MR) is 70.5 cm³/mol. The molecule has 1 rings (SSSR count). The van der Waals surface area contributed by atoms with Crippen LogP contribution in [-0.2, 0) is 4.79 Å². The molecule has 1 saturated heterocycles. The summed E-state index contributed by atoms with van der Waals surface area (Å²) >= 11 is 0. The van der Waals surface area contributed by atoms with Crippen molar-refractivity contribution in [2.24, 2.45) is 16.3 Å². The smallest absolute Gasteiger partial charge is 0.236 e. The SMILES string of the molecule is CC(C)N1CCN(C(=O)C(C)(C)C(N)=NO)CC1. The van der Waals surface area contributed by atoms with E-state index in [-0.39, 0.29) is 11.7 Å². The molecule has 1 aliphatic rings. The molecule has 0 spiro atoms. The van der Waals surface area contributed by atoms with E-state index in [1.807, 2.05) is 0 Å². The van der Waals surface area contributed by atoms with Gasteiger partial charge in [-0.1, -0.05) is 5.16 Å². The van der Waals surface area contributed by atoms with Crippen molar-refractivity contribution in [2.45, 2.75) is 33.7 Å². The van der Waals surface area contributed by atoms with Gasteiger partial charge in [-0.3, -0.25) is 9.69 Å². The summed E-state index contributed by atoms with van der Waals surface area (Å²) in [4.78, 5) is 16.5. The number of nitrogens with two attached hydrogens (primary N) is 1. The molecule has 1 heterocycles. The molecule has 104 valence electrons. The van der Waals surface area contributed by atoms with Gasteiger partial charge in [0.1, 0.15) is 5.41 Å². The van der Waals surface area contributed by atoms with Gasteiger partial charge in [0, 0.05) is 32.2 Å². The summed E-state index contributed by atoms with van der Waals surface area (Å²) < 4.78 is 0. The summed E-state index contributed by atoms with van der Waals surface area (Å²) in [6, 6.07) is 0.499. The van der Waals surface area contributed by atoms with E-state index >= 15 is 0 Å². The summed E-state index contributed by atoms with van der Waals surface area (Å²) in [7, 11) is 0. The Morgan fingerprint density at radius 1 is 1.28 bits per heavy atom. The van der Waals surface area contributed by atoms with Crippen molar-refractivity contribution < 1.29 is 10.0 Å². The summed E-state index contributed by atoms with van der Waals surface area (Å²) in [6.07, 6.45) is 0. The molecule has 6 nitrogen and oxygen atoms in total. The van der Waals surface area contributed by atoms with Crippen LogP contribution in [-0.4, -0.2) is 59.0 Å². The molecular weight excluding hydrogens is 232 g/mol. The van der Waals surface area contributed by atoms with Gasteiger partial charge in [-0.25, -0.2) is 0 Å². The van der Waals surface area contributed by atoms with E-state index in [0.29, 0.717) is 19.1 Å². The van der Waals surface area contributed by atoms with Crippen LogP contribution in [0.25, 0.3) is 0 Å². The van der Waals surface area contributed by atoms with Gasteiger partial charge < -0.3 is 15.8 Å². The van der Waals surface area contributed by atoms with Gasteiger partial charge in [-0.05, 0) is 27.7 Å². The van der Waals surface area contributed by atoms with Crippen molar-refractivity contribution in [1.82, 2.24) is 9.80 Å². The Morgan fingerprint density at radius 3 is 2.17 bits per heavy atom. The van der Waals surface area contributed by atoms with Crippen LogP contribution < -0.4 is 5.73 Å². The zero-order valence-corrected chi connectivity index (χ0v) is 11.7. The van der Waals surface area contributed by atoms with E-state index in [2.05, 4.69) is 23.9 Å². The minimum atomic E-state index is -0.950. The van der Waals surface area contributed by atoms with Crippen LogP contribution >= 0.6 is 0 Å². The standard InChI is InChI=1S/C12H24N4O2/c1-9(2)15-5-7-16(8-6-15)11(17)12(3,4)10(13)14-18/h9,18H,5-8H2,1-4H3,(H2,13,14). The number of piperazine rings is 1. The fourth-order valence-electron chi connectivity index (χ4n) is 2.07. The lowest BCUT2D eigenvalue weighted by atomic mass is 9.90. The summed E-state index contributed by atoms with van der Waals surface area (Å²) in [5.41, 5.74) is 4.63. The molecule has 0 unspecified atom stereocenters. The Balaban J connectivity index is 2.66. The van der Waals surface area contributed by atoms with Gasteiger partial charge in [-0.2, -0.15) is 0 Å². The predicted octanol–water partition coefficient (Wildman–Crippen LogP) is 0.312. The molecule has 0 atom stereocenters. The number of nitrogens with zero attached hydrogens (tertiary/aromatic N) is 3. The zero-order chi connectivity index (χ0) is 13.9. The summed E-state index contributed by atoms with van der Waals surface area (Å²) in [6.45, 7) is 10.8. The lowest BCUT2D eigenvalue weighted by Crippen LogP contribution is -2.55. The van der Waals surface area contributed by atoms with E-state index in [4.69, 9.17) is 10.9 Å². The first kappa shape index (κ1) is 14.8. The number of carbonyl (C=O) groups is 1. The largest absolute Gasteiger partial charge is 0.409 e. The average Bonchev–Trinajstić information content (AvgIpc) is 2.36. The van der Waals surface area contributed by atoms with Crippen LogP contribution in [0, 0.1) is 5.41 Å². The van der Waals surface area contributed by atoms with Crippen molar-refractivity contribution in [3.8, 4) is 0 Å². The second-order valence-electron chi connectivity index (χ2n) is 5.53. The van der Waals surface area contributed by atoms with Gasteiger partial charge in [0.05, 0.1) is 0 Å². The van der Waals surface area contributed by atoms with E-state index in [9.17, 15) is 4.79 Å². The first-order chi connectivity index (χ1) is 8.30. The molecule has 3 N–H and O–H groups in total. The number of hydrogen-bond acceptors (Lipinski definition) is 4. The number of amidine groups is 1.